The van der Waals surface area contributed by atoms with Crippen LogP contribution >= 0.6 is 0 Å². The van der Waals surface area contributed by atoms with Crippen LogP contribution in [0.5, 0.6) is 0 Å². The predicted octanol–water partition coefficient (Wildman–Crippen LogP) is 2.54. The van der Waals surface area contributed by atoms with E-state index in [2.05, 4.69) is 49.7 Å². The number of hydrogen-bond acceptors (Lipinski definition) is 4. The normalized spacial score (nSPS) is 11.1. The van der Waals surface area contributed by atoms with Gasteiger partial charge < -0.3 is 10.6 Å². The minimum atomic E-state index is 0.537. The van der Waals surface area contributed by atoms with Gasteiger partial charge in [-0.15, -0.1) is 5.10 Å². The van der Waals surface area contributed by atoms with Gasteiger partial charge in [0.1, 0.15) is 0 Å². The molecule has 1 aromatic rings. The van der Waals surface area contributed by atoms with Crippen LogP contribution in [0, 0.1) is 5.92 Å². The van der Waals surface area contributed by atoms with Gasteiger partial charge in [-0.25, -0.2) is 0 Å². The van der Waals surface area contributed by atoms with E-state index in [0.29, 0.717) is 12.5 Å². The minimum absolute atomic E-state index is 0.537. The topological polar surface area (TPSA) is 55.0 Å². The molecule has 0 saturated carbocycles. The fraction of sp³-hybridized carbons (Fsp3) is 0.733. The third kappa shape index (κ3) is 3.66. The van der Waals surface area contributed by atoms with Gasteiger partial charge in [0, 0.05) is 25.2 Å². The van der Waals surface area contributed by atoms with E-state index in [1.807, 2.05) is 0 Å². The molecule has 4 nitrogen and oxygen atoms in total. The van der Waals surface area contributed by atoms with Crippen LogP contribution in [0.15, 0.2) is 0 Å². The van der Waals surface area contributed by atoms with Crippen LogP contribution in [0.25, 0.3) is 0 Å². The van der Waals surface area contributed by atoms with Gasteiger partial charge >= 0.3 is 0 Å². The first-order valence-electron chi connectivity index (χ1n) is 7.41. The van der Waals surface area contributed by atoms with E-state index in [9.17, 15) is 0 Å². The number of anilines is 1. The average Bonchev–Trinajstić information content (AvgIpc) is 2.42. The second-order valence-corrected chi connectivity index (χ2v) is 5.27. The zero-order valence-corrected chi connectivity index (χ0v) is 13.0. The summed E-state index contributed by atoms with van der Waals surface area (Å²) < 4.78 is 0. The highest BCUT2D eigenvalue weighted by atomic mass is 15.3. The largest absolute Gasteiger partial charge is 0.355 e. The Labute approximate surface area is 117 Å². The average molecular weight is 264 g/mol. The molecule has 1 heterocycles. The first-order valence-corrected chi connectivity index (χ1v) is 7.41. The maximum atomic E-state index is 5.98. The number of aromatic nitrogens is 2. The van der Waals surface area contributed by atoms with E-state index in [4.69, 9.17) is 5.73 Å². The maximum Gasteiger partial charge on any atom is 0.156 e. The zero-order chi connectivity index (χ0) is 14.4. The lowest BCUT2D eigenvalue weighted by Gasteiger charge is -2.27. The van der Waals surface area contributed by atoms with Crippen molar-refractivity contribution in [2.75, 3.05) is 18.0 Å². The van der Waals surface area contributed by atoms with E-state index >= 15 is 0 Å². The highest BCUT2D eigenvalue weighted by molar-refractivity contribution is 5.51. The number of nitrogens with zero attached hydrogens (tertiary/aromatic N) is 3. The zero-order valence-electron chi connectivity index (χ0n) is 13.0. The van der Waals surface area contributed by atoms with Crippen LogP contribution < -0.4 is 10.6 Å². The molecule has 1 aromatic heterocycles. The Hall–Kier alpha value is -1.16. The molecule has 1 rings (SSSR count). The van der Waals surface area contributed by atoms with Crippen LogP contribution in [0.3, 0.4) is 0 Å². The van der Waals surface area contributed by atoms with E-state index in [-0.39, 0.29) is 0 Å². The Morgan fingerprint density at radius 3 is 2.16 bits per heavy atom. The van der Waals surface area contributed by atoms with Crippen molar-refractivity contribution in [3.8, 4) is 0 Å². The summed E-state index contributed by atoms with van der Waals surface area (Å²) in [5.41, 5.74) is 9.54. The number of nitrogens with two attached hydrogens (primary N) is 1. The minimum Gasteiger partial charge on any atom is -0.355 e. The molecule has 2 N–H and O–H groups in total. The van der Waals surface area contributed by atoms with Gasteiger partial charge in [-0.3, -0.25) is 0 Å². The fourth-order valence-corrected chi connectivity index (χ4v) is 2.51. The first kappa shape index (κ1) is 15.9. The van der Waals surface area contributed by atoms with Gasteiger partial charge in [0.15, 0.2) is 5.82 Å². The lowest BCUT2D eigenvalue weighted by Crippen LogP contribution is -2.30. The Morgan fingerprint density at radius 2 is 1.74 bits per heavy atom. The second kappa shape index (κ2) is 7.43. The molecule has 0 aliphatic carbocycles. The summed E-state index contributed by atoms with van der Waals surface area (Å²) in [4.78, 5) is 2.29. The van der Waals surface area contributed by atoms with Crippen LogP contribution in [0.1, 0.15) is 51.4 Å². The van der Waals surface area contributed by atoms with Crippen molar-refractivity contribution in [2.45, 2.75) is 54.0 Å². The van der Waals surface area contributed by atoms with Crippen molar-refractivity contribution in [1.29, 1.82) is 0 Å². The van der Waals surface area contributed by atoms with E-state index in [1.54, 1.807) is 0 Å². The van der Waals surface area contributed by atoms with Crippen molar-refractivity contribution in [3.05, 3.63) is 16.8 Å². The predicted molar refractivity (Wildman–Crippen MR) is 81.4 cm³/mol. The maximum absolute atomic E-state index is 5.98. The molecule has 0 unspecified atom stereocenters. The summed E-state index contributed by atoms with van der Waals surface area (Å²) in [6, 6.07) is 0. The van der Waals surface area contributed by atoms with Crippen molar-refractivity contribution in [2.24, 2.45) is 11.7 Å². The SMILES string of the molecule is CCc1nnc(N(CC)CC(C)C)c(CN)c1CC. The monoisotopic (exact) mass is 264 g/mol. The molecule has 0 spiro atoms. The van der Waals surface area contributed by atoms with Gasteiger partial charge in [-0.2, -0.15) is 5.10 Å². The van der Waals surface area contributed by atoms with Gasteiger partial charge in [-0.05, 0) is 31.2 Å². The van der Waals surface area contributed by atoms with Crippen molar-refractivity contribution >= 4 is 5.82 Å². The summed E-state index contributed by atoms with van der Waals surface area (Å²) in [6.45, 7) is 13.4. The molecule has 0 aliphatic rings. The lowest BCUT2D eigenvalue weighted by molar-refractivity contribution is 0.608. The molecule has 108 valence electrons. The quantitative estimate of drug-likeness (QED) is 0.822. The van der Waals surface area contributed by atoms with Crippen molar-refractivity contribution < 1.29 is 0 Å². The Bertz CT molecular complexity index is 401. The summed E-state index contributed by atoms with van der Waals surface area (Å²) in [5, 5.41) is 8.85. The number of aryl methyl sites for hydroxylation is 1. The summed E-state index contributed by atoms with van der Waals surface area (Å²) in [6.07, 6.45) is 1.89. The van der Waals surface area contributed by atoms with Crippen LogP contribution in [0.4, 0.5) is 5.82 Å². The molecule has 0 radical (unpaired) electrons. The molecule has 0 amide bonds. The Kier molecular flexibility index (Phi) is 6.22. The van der Waals surface area contributed by atoms with Gasteiger partial charge in [-0.1, -0.05) is 27.7 Å². The molecule has 4 heteroatoms. The highest BCUT2D eigenvalue weighted by Gasteiger charge is 2.18. The Balaban J connectivity index is 3.26. The summed E-state index contributed by atoms with van der Waals surface area (Å²) in [7, 11) is 0. The third-order valence-corrected chi connectivity index (χ3v) is 3.41. The second-order valence-electron chi connectivity index (χ2n) is 5.27. The standard InChI is InChI=1S/C15H28N4/c1-6-12-13(9-16)15(18-17-14(12)7-2)19(8-3)10-11(4)5/h11H,6-10,16H2,1-5H3. The molecule has 0 aliphatic heterocycles. The molecular formula is C15H28N4. The molecule has 0 bridgehead atoms. The molecule has 19 heavy (non-hydrogen) atoms. The summed E-state index contributed by atoms with van der Waals surface area (Å²) >= 11 is 0. The van der Waals surface area contributed by atoms with Gasteiger partial charge in [0.25, 0.3) is 0 Å². The lowest BCUT2D eigenvalue weighted by atomic mass is 10.0. The highest BCUT2D eigenvalue weighted by Crippen LogP contribution is 2.24. The van der Waals surface area contributed by atoms with Crippen molar-refractivity contribution in [1.82, 2.24) is 10.2 Å². The van der Waals surface area contributed by atoms with Crippen LogP contribution in [0.2, 0.25) is 0 Å². The summed E-state index contributed by atoms with van der Waals surface area (Å²) in [5.74, 6) is 1.58. The molecular weight excluding hydrogens is 236 g/mol. The van der Waals surface area contributed by atoms with E-state index in [0.717, 1.165) is 37.4 Å². The van der Waals surface area contributed by atoms with Crippen molar-refractivity contribution in [3.63, 3.8) is 0 Å². The Morgan fingerprint density at radius 1 is 1.05 bits per heavy atom. The van der Waals surface area contributed by atoms with Gasteiger partial charge in [0.2, 0.25) is 0 Å². The van der Waals surface area contributed by atoms with E-state index in [1.165, 1.54) is 11.1 Å². The van der Waals surface area contributed by atoms with Crippen LogP contribution in [-0.2, 0) is 19.4 Å². The molecule has 0 saturated heterocycles. The smallest absolute Gasteiger partial charge is 0.156 e. The van der Waals surface area contributed by atoms with E-state index < -0.39 is 0 Å². The molecule has 0 aromatic carbocycles. The number of hydrogen-bond donors (Lipinski definition) is 1. The fourth-order valence-electron chi connectivity index (χ4n) is 2.51. The molecule has 0 atom stereocenters. The van der Waals surface area contributed by atoms with Crippen LogP contribution in [-0.4, -0.2) is 23.3 Å². The van der Waals surface area contributed by atoms with Gasteiger partial charge in [0.05, 0.1) is 5.69 Å². The number of rotatable bonds is 7. The first-order chi connectivity index (χ1) is 9.08. The third-order valence-electron chi connectivity index (χ3n) is 3.41. The molecule has 0 fully saturated rings.